The zero-order valence-corrected chi connectivity index (χ0v) is 11.6. The molecule has 2 rings (SSSR count). The molecule has 1 N–H and O–H groups in total. The number of aromatic nitrogens is 1. The fourth-order valence-corrected chi connectivity index (χ4v) is 2.14. The van der Waals surface area contributed by atoms with Crippen LogP contribution >= 0.6 is 0 Å². The molecule has 0 saturated heterocycles. The highest BCUT2D eigenvalue weighted by Crippen LogP contribution is 2.17. The van der Waals surface area contributed by atoms with Gasteiger partial charge in [-0.3, -0.25) is 4.90 Å². The molecule has 0 aliphatic heterocycles. The molecular formula is C15H20N2O2. The third kappa shape index (κ3) is 3.43. The van der Waals surface area contributed by atoms with Crippen molar-refractivity contribution in [1.82, 2.24) is 10.1 Å². The van der Waals surface area contributed by atoms with Crippen molar-refractivity contribution in [2.45, 2.75) is 26.5 Å². The van der Waals surface area contributed by atoms with E-state index in [1.165, 1.54) is 0 Å². The van der Waals surface area contributed by atoms with Gasteiger partial charge in [-0.1, -0.05) is 35.5 Å². The number of likely N-dealkylation sites (N-methyl/N-ethyl adjacent to an activating group) is 1. The normalized spacial score (nSPS) is 12.9. The first-order valence-electron chi connectivity index (χ1n) is 6.41. The van der Waals surface area contributed by atoms with Crippen molar-refractivity contribution in [1.29, 1.82) is 0 Å². The summed E-state index contributed by atoms with van der Waals surface area (Å²) in [7, 11) is 1.98. The SMILES string of the molecule is Cc1noc(C)c1CN(C)CC(O)c1ccccc1. The van der Waals surface area contributed by atoms with E-state index in [0.717, 1.165) is 29.1 Å². The van der Waals surface area contributed by atoms with E-state index in [1.54, 1.807) is 0 Å². The monoisotopic (exact) mass is 260 g/mol. The molecule has 0 bridgehead atoms. The number of rotatable bonds is 5. The maximum Gasteiger partial charge on any atom is 0.138 e. The maximum absolute atomic E-state index is 10.2. The smallest absolute Gasteiger partial charge is 0.138 e. The van der Waals surface area contributed by atoms with Gasteiger partial charge in [0.25, 0.3) is 0 Å². The van der Waals surface area contributed by atoms with Crippen LogP contribution < -0.4 is 0 Å². The fourth-order valence-electron chi connectivity index (χ4n) is 2.14. The van der Waals surface area contributed by atoms with Crippen molar-refractivity contribution in [2.75, 3.05) is 13.6 Å². The topological polar surface area (TPSA) is 49.5 Å². The van der Waals surface area contributed by atoms with Crippen LogP contribution in [0, 0.1) is 13.8 Å². The summed E-state index contributed by atoms with van der Waals surface area (Å²) in [6.07, 6.45) is -0.480. The molecule has 0 radical (unpaired) electrons. The number of hydrogen-bond acceptors (Lipinski definition) is 4. The van der Waals surface area contributed by atoms with Crippen LogP contribution in [0.5, 0.6) is 0 Å². The summed E-state index contributed by atoms with van der Waals surface area (Å²) in [4.78, 5) is 2.07. The molecule has 102 valence electrons. The highest BCUT2D eigenvalue weighted by Gasteiger charge is 2.14. The van der Waals surface area contributed by atoms with Gasteiger partial charge in [0.2, 0.25) is 0 Å². The van der Waals surface area contributed by atoms with E-state index in [4.69, 9.17) is 4.52 Å². The first-order chi connectivity index (χ1) is 9.08. The zero-order chi connectivity index (χ0) is 13.8. The largest absolute Gasteiger partial charge is 0.387 e. The molecule has 4 nitrogen and oxygen atoms in total. The van der Waals surface area contributed by atoms with Crippen molar-refractivity contribution >= 4 is 0 Å². The predicted molar refractivity (Wildman–Crippen MR) is 73.7 cm³/mol. The number of hydrogen-bond donors (Lipinski definition) is 1. The van der Waals surface area contributed by atoms with Crippen LogP contribution in [0.15, 0.2) is 34.9 Å². The third-order valence-corrected chi connectivity index (χ3v) is 3.28. The van der Waals surface area contributed by atoms with Crippen LogP contribution in [0.3, 0.4) is 0 Å². The Bertz CT molecular complexity index is 503. The van der Waals surface area contributed by atoms with Gasteiger partial charge in [0.05, 0.1) is 11.8 Å². The van der Waals surface area contributed by atoms with Crippen LogP contribution in [-0.2, 0) is 6.54 Å². The maximum atomic E-state index is 10.2. The lowest BCUT2D eigenvalue weighted by molar-refractivity contribution is 0.123. The van der Waals surface area contributed by atoms with E-state index in [1.807, 2.05) is 51.2 Å². The lowest BCUT2D eigenvalue weighted by atomic mass is 10.1. The van der Waals surface area contributed by atoms with E-state index in [-0.39, 0.29) is 0 Å². The van der Waals surface area contributed by atoms with Gasteiger partial charge in [-0.05, 0) is 26.5 Å². The van der Waals surface area contributed by atoms with Crippen molar-refractivity contribution in [3.63, 3.8) is 0 Å². The summed E-state index contributed by atoms with van der Waals surface area (Å²) in [6.45, 7) is 5.16. The van der Waals surface area contributed by atoms with E-state index in [0.29, 0.717) is 6.54 Å². The van der Waals surface area contributed by atoms with Gasteiger partial charge in [0, 0.05) is 18.7 Å². The second kappa shape index (κ2) is 5.99. The highest BCUT2D eigenvalue weighted by atomic mass is 16.5. The van der Waals surface area contributed by atoms with Crippen molar-refractivity contribution in [3.05, 3.63) is 52.9 Å². The Morgan fingerprint density at radius 1 is 1.26 bits per heavy atom. The molecule has 1 aromatic carbocycles. The first kappa shape index (κ1) is 13.8. The molecule has 1 unspecified atom stereocenters. The molecular weight excluding hydrogens is 240 g/mol. The quantitative estimate of drug-likeness (QED) is 0.897. The van der Waals surface area contributed by atoms with Crippen molar-refractivity contribution in [2.24, 2.45) is 0 Å². The first-order valence-corrected chi connectivity index (χ1v) is 6.41. The van der Waals surface area contributed by atoms with Crippen LogP contribution in [-0.4, -0.2) is 28.8 Å². The van der Waals surface area contributed by atoms with Gasteiger partial charge in [-0.15, -0.1) is 0 Å². The summed E-state index contributed by atoms with van der Waals surface area (Å²) < 4.78 is 5.15. The second-order valence-electron chi connectivity index (χ2n) is 4.93. The molecule has 2 aromatic rings. The summed E-state index contributed by atoms with van der Waals surface area (Å²) in [6, 6.07) is 9.70. The number of aliphatic hydroxyl groups is 1. The second-order valence-corrected chi connectivity index (χ2v) is 4.93. The molecule has 0 saturated carbocycles. The molecule has 1 heterocycles. The van der Waals surface area contributed by atoms with Crippen LogP contribution in [0.4, 0.5) is 0 Å². The third-order valence-electron chi connectivity index (χ3n) is 3.28. The van der Waals surface area contributed by atoms with Gasteiger partial charge in [-0.2, -0.15) is 0 Å². The molecule has 1 aromatic heterocycles. The number of nitrogens with zero attached hydrogens (tertiary/aromatic N) is 2. The van der Waals surface area contributed by atoms with Gasteiger partial charge >= 0.3 is 0 Å². The Kier molecular flexibility index (Phi) is 4.35. The molecule has 0 fully saturated rings. The minimum atomic E-state index is -0.480. The fraction of sp³-hybridized carbons (Fsp3) is 0.400. The van der Waals surface area contributed by atoms with E-state index >= 15 is 0 Å². The number of aryl methyl sites for hydroxylation is 2. The van der Waals surface area contributed by atoms with E-state index in [9.17, 15) is 5.11 Å². The lowest BCUT2D eigenvalue weighted by Crippen LogP contribution is -2.24. The summed E-state index contributed by atoms with van der Waals surface area (Å²) in [5.41, 5.74) is 2.95. The van der Waals surface area contributed by atoms with Gasteiger partial charge in [-0.25, -0.2) is 0 Å². The lowest BCUT2D eigenvalue weighted by Gasteiger charge is -2.20. The molecule has 0 amide bonds. The molecule has 0 aliphatic carbocycles. The zero-order valence-electron chi connectivity index (χ0n) is 11.6. The summed E-state index contributed by atoms with van der Waals surface area (Å²) in [5.74, 6) is 0.846. The molecule has 0 spiro atoms. The van der Waals surface area contributed by atoms with Crippen LogP contribution in [0.2, 0.25) is 0 Å². The van der Waals surface area contributed by atoms with Crippen LogP contribution in [0.25, 0.3) is 0 Å². The van der Waals surface area contributed by atoms with Crippen molar-refractivity contribution < 1.29 is 9.63 Å². The highest BCUT2D eigenvalue weighted by molar-refractivity contribution is 5.21. The molecule has 4 heteroatoms. The Hall–Kier alpha value is -1.65. The predicted octanol–water partition coefficient (Wildman–Crippen LogP) is 2.46. The van der Waals surface area contributed by atoms with Gasteiger partial charge in [0.15, 0.2) is 0 Å². The van der Waals surface area contributed by atoms with Gasteiger partial charge in [0.1, 0.15) is 5.76 Å². The van der Waals surface area contributed by atoms with E-state index < -0.39 is 6.10 Å². The van der Waals surface area contributed by atoms with Crippen LogP contribution in [0.1, 0.15) is 28.7 Å². The van der Waals surface area contributed by atoms with Crippen molar-refractivity contribution in [3.8, 4) is 0 Å². The molecule has 1 atom stereocenters. The molecule has 0 aliphatic rings. The minimum Gasteiger partial charge on any atom is -0.387 e. The average molecular weight is 260 g/mol. The van der Waals surface area contributed by atoms with E-state index in [2.05, 4.69) is 10.1 Å². The Morgan fingerprint density at radius 3 is 2.53 bits per heavy atom. The Morgan fingerprint density at radius 2 is 1.95 bits per heavy atom. The Balaban J connectivity index is 1.97. The minimum absolute atomic E-state index is 0.480. The summed E-state index contributed by atoms with van der Waals surface area (Å²) in [5, 5.41) is 14.1. The standard InChI is InChI=1S/C15H20N2O2/c1-11-14(12(2)19-16-11)9-17(3)10-15(18)13-7-5-4-6-8-13/h4-8,15,18H,9-10H2,1-3H3. The Labute approximate surface area is 113 Å². The van der Waals surface area contributed by atoms with Gasteiger partial charge < -0.3 is 9.63 Å². The number of benzene rings is 1. The number of aliphatic hydroxyl groups excluding tert-OH is 1. The summed E-state index contributed by atoms with van der Waals surface area (Å²) >= 11 is 0. The average Bonchev–Trinajstić information content (AvgIpc) is 2.71. The molecule has 19 heavy (non-hydrogen) atoms.